The predicted molar refractivity (Wildman–Crippen MR) is 49.6 cm³/mol. The molecule has 0 spiro atoms. The third-order valence-electron chi connectivity index (χ3n) is 1.93. The average molecular weight is 193 g/mol. The second-order valence-electron chi connectivity index (χ2n) is 2.89. The summed E-state index contributed by atoms with van der Waals surface area (Å²) in [6, 6.07) is 3.76. The van der Waals surface area contributed by atoms with E-state index in [9.17, 15) is 0 Å². The summed E-state index contributed by atoms with van der Waals surface area (Å²) in [6.07, 6.45) is 5.31. The van der Waals surface area contributed by atoms with Gasteiger partial charge in [0.2, 0.25) is 12.2 Å². The first-order chi connectivity index (χ1) is 6.88. The molecular formula is C10H11NO3. The van der Waals surface area contributed by atoms with Crippen LogP contribution in [0.1, 0.15) is 5.56 Å². The first-order valence-corrected chi connectivity index (χ1v) is 4.33. The van der Waals surface area contributed by atoms with Crippen molar-refractivity contribution in [3.63, 3.8) is 0 Å². The molecular weight excluding hydrogens is 182 g/mol. The van der Waals surface area contributed by atoms with Crippen molar-refractivity contribution in [1.82, 2.24) is 4.98 Å². The lowest BCUT2D eigenvalue weighted by atomic mass is 10.2. The summed E-state index contributed by atoms with van der Waals surface area (Å²) < 4.78 is 15.3. The van der Waals surface area contributed by atoms with E-state index in [0.29, 0.717) is 12.3 Å². The van der Waals surface area contributed by atoms with Crippen LogP contribution < -0.4 is 4.74 Å². The maximum Gasteiger partial charge on any atom is 0.243 e. The van der Waals surface area contributed by atoms with Gasteiger partial charge in [0.25, 0.3) is 0 Å². The average Bonchev–Trinajstić information content (AvgIpc) is 2.72. The lowest BCUT2D eigenvalue weighted by Gasteiger charge is -2.09. The van der Waals surface area contributed by atoms with E-state index in [4.69, 9.17) is 14.2 Å². The summed E-state index contributed by atoms with van der Waals surface area (Å²) in [7, 11) is 1.59. The van der Waals surface area contributed by atoms with E-state index < -0.39 is 0 Å². The van der Waals surface area contributed by atoms with Crippen LogP contribution in [0.4, 0.5) is 0 Å². The van der Waals surface area contributed by atoms with Crippen molar-refractivity contribution >= 4 is 0 Å². The number of aromatic nitrogens is 1. The fourth-order valence-electron chi connectivity index (χ4n) is 1.21. The van der Waals surface area contributed by atoms with Crippen molar-refractivity contribution in [2.75, 3.05) is 7.11 Å². The first kappa shape index (κ1) is 8.87. The number of hydrogen-bond acceptors (Lipinski definition) is 4. The highest BCUT2D eigenvalue weighted by atomic mass is 16.7. The van der Waals surface area contributed by atoms with Gasteiger partial charge in [-0.1, -0.05) is 6.07 Å². The topological polar surface area (TPSA) is 40.6 Å². The van der Waals surface area contributed by atoms with Crippen LogP contribution in [0, 0.1) is 0 Å². The number of ether oxygens (including phenoxy) is 3. The SMILES string of the molecule is COc1ccc(CC2OC=CO2)cn1. The lowest BCUT2D eigenvalue weighted by Crippen LogP contribution is -2.11. The van der Waals surface area contributed by atoms with Gasteiger partial charge >= 0.3 is 0 Å². The van der Waals surface area contributed by atoms with Crippen LogP contribution in [-0.2, 0) is 15.9 Å². The van der Waals surface area contributed by atoms with Gasteiger partial charge in [0.05, 0.1) is 7.11 Å². The van der Waals surface area contributed by atoms with Crippen molar-refractivity contribution in [2.45, 2.75) is 12.7 Å². The Morgan fingerprint density at radius 2 is 2.14 bits per heavy atom. The summed E-state index contributed by atoms with van der Waals surface area (Å²) in [6.45, 7) is 0. The van der Waals surface area contributed by atoms with Crippen LogP contribution >= 0.6 is 0 Å². The molecule has 14 heavy (non-hydrogen) atoms. The van der Waals surface area contributed by atoms with Crippen molar-refractivity contribution in [3.8, 4) is 5.88 Å². The van der Waals surface area contributed by atoms with Gasteiger partial charge in [0, 0.05) is 18.7 Å². The molecule has 1 aromatic rings. The minimum absolute atomic E-state index is 0.217. The van der Waals surface area contributed by atoms with Gasteiger partial charge in [-0.25, -0.2) is 4.98 Å². The Kier molecular flexibility index (Phi) is 2.53. The first-order valence-electron chi connectivity index (χ1n) is 4.33. The monoisotopic (exact) mass is 193 g/mol. The van der Waals surface area contributed by atoms with Crippen LogP contribution in [-0.4, -0.2) is 18.4 Å². The maximum atomic E-state index is 5.15. The summed E-state index contributed by atoms with van der Waals surface area (Å²) in [5.41, 5.74) is 1.06. The largest absolute Gasteiger partial charge is 0.481 e. The molecule has 0 bridgehead atoms. The molecule has 1 aliphatic rings. The Morgan fingerprint density at radius 1 is 1.36 bits per heavy atom. The van der Waals surface area contributed by atoms with E-state index in [1.807, 2.05) is 12.1 Å². The second-order valence-corrected chi connectivity index (χ2v) is 2.89. The van der Waals surface area contributed by atoms with Crippen molar-refractivity contribution in [3.05, 3.63) is 36.4 Å². The normalized spacial score (nSPS) is 14.9. The van der Waals surface area contributed by atoms with Crippen LogP contribution in [0.5, 0.6) is 5.88 Å². The molecule has 2 rings (SSSR count). The fraction of sp³-hybridized carbons (Fsp3) is 0.300. The number of nitrogens with zero attached hydrogens (tertiary/aromatic N) is 1. The Balaban J connectivity index is 1.96. The highest BCUT2D eigenvalue weighted by Gasteiger charge is 2.12. The highest BCUT2D eigenvalue weighted by molar-refractivity contribution is 5.18. The van der Waals surface area contributed by atoms with Gasteiger partial charge in [0.1, 0.15) is 12.5 Å². The zero-order chi connectivity index (χ0) is 9.80. The highest BCUT2D eigenvalue weighted by Crippen LogP contribution is 2.13. The van der Waals surface area contributed by atoms with E-state index in [0.717, 1.165) is 5.56 Å². The smallest absolute Gasteiger partial charge is 0.243 e. The summed E-state index contributed by atoms with van der Waals surface area (Å²) in [4.78, 5) is 4.09. The quantitative estimate of drug-likeness (QED) is 0.729. The van der Waals surface area contributed by atoms with E-state index in [-0.39, 0.29) is 6.29 Å². The lowest BCUT2D eigenvalue weighted by molar-refractivity contribution is -0.0209. The molecule has 4 nitrogen and oxygen atoms in total. The molecule has 74 valence electrons. The molecule has 0 saturated heterocycles. The summed E-state index contributed by atoms with van der Waals surface area (Å²) >= 11 is 0. The van der Waals surface area contributed by atoms with Crippen LogP contribution in [0.25, 0.3) is 0 Å². The molecule has 0 aliphatic carbocycles. The molecule has 0 aromatic carbocycles. The second kappa shape index (κ2) is 4.00. The molecule has 0 saturated carbocycles. The molecule has 0 unspecified atom stereocenters. The molecule has 1 aromatic heterocycles. The molecule has 1 aliphatic heterocycles. The van der Waals surface area contributed by atoms with Gasteiger partial charge in [-0.15, -0.1) is 0 Å². The van der Waals surface area contributed by atoms with Crippen molar-refractivity contribution in [2.24, 2.45) is 0 Å². The van der Waals surface area contributed by atoms with E-state index in [1.54, 1.807) is 25.8 Å². The Hall–Kier alpha value is -1.71. The molecule has 0 amide bonds. The fourth-order valence-corrected chi connectivity index (χ4v) is 1.21. The van der Waals surface area contributed by atoms with Crippen molar-refractivity contribution in [1.29, 1.82) is 0 Å². The number of hydrogen-bond donors (Lipinski definition) is 0. The maximum absolute atomic E-state index is 5.15. The molecule has 4 heteroatoms. The number of pyridine rings is 1. The van der Waals surface area contributed by atoms with Gasteiger partial charge < -0.3 is 14.2 Å². The Morgan fingerprint density at radius 3 is 2.71 bits per heavy atom. The Labute approximate surface area is 82.1 Å². The van der Waals surface area contributed by atoms with Gasteiger partial charge in [-0.2, -0.15) is 0 Å². The minimum atomic E-state index is -0.217. The van der Waals surface area contributed by atoms with Gasteiger partial charge in [0.15, 0.2) is 0 Å². The van der Waals surface area contributed by atoms with Gasteiger partial charge in [-0.3, -0.25) is 0 Å². The van der Waals surface area contributed by atoms with Crippen LogP contribution in [0.2, 0.25) is 0 Å². The molecule has 0 atom stereocenters. The Bertz CT molecular complexity index is 313. The van der Waals surface area contributed by atoms with Crippen LogP contribution in [0.3, 0.4) is 0 Å². The summed E-state index contributed by atoms with van der Waals surface area (Å²) in [5.74, 6) is 0.611. The van der Waals surface area contributed by atoms with Crippen molar-refractivity contribution < 1.29 is 14.2 Å². The summed E-state index contributed by atoms with van der Waals surface area (Å²) in [5, 5.41) is 0. The molecule has 0 N–H and O–H groups in total. The third kappa shape index (κ3) is 1.96. The predicted octanol–water partition coefficient (Wildman–Crippen LogP) is 1.48. The van der Waals surface area contributed by atoms with Crippen LogP contribution in [0.15, 0.2) is 30.9 Å². The van der Waals surface area contributed by atoms with Gasteiger partial charge in [-0.05, 0) is 5.56 Å². The standard InChI is InChI=1S/C10H11NO3/c1-12-9-3-2-8(7-11-9)6-10-13-4-5-14-10/h2-5,7,10H,6H2,1H3. The third-order valence-corrected chi connectivity index (χ3v) is 1.93. The molecule has 0 fully saturated rings. The minimum Gasteiger partial charge on any atom is -0.481 e. The van der Waals surface area contributed by atoms with E-state index in [1.165, 1.54) is 0 Å². The van der Waals surface area contributed by atoms with E-state index in [2.05, 4.69) is 4.98 Å². The number of methoxy groups -OCH3 is 1. The molecule has 0 radical (unpaired) electrons. The van der Waals surface area contributed by atoms with E-state index >= 15 is 0 Å². The number of rotatable bonds is 3. The molecule has 2 heterocycles. The zero-order valence-corrected chi connectivity index (χ0v) is 7.84. The zero-order valence-electron chi connectivity index (χ0n) is 7.84.